The summed E-state index contributed by atoms with van der Waals surface area (Å²) in [6.45, 7) is 0. The average molecular weight is 268 g/mol. The molecule has 0 aliphatic carbocycles. The lowest BCUT2D eigenvalue weighted by Gasteiger charge is -2.25. The highest BCUT2D eigenvalue weighted by atomic mass is 19.4. The van der Waals surface area contributed by atoms with Crippen LogP contribution in [0.1, 0.15) is 0 Å². The monoisotopic (exact) mass is 268 g/mol. The molecular formula is C10H9F5N2O. The lowest BCUT2D eigenvalue weighted by Crippen LogP contribution is -2.51. The smallest absolute Gasteiger partial charge is 0.399 e. The van der Waals surface area contributed by atoms with Crippen LogP contribution in [0.2, 0.25) is 0 Å². The zero-order chi connectivity index (χ0) is 14.1. The van der Waals surface area contributed by atoms with Crippen molar-refractivity contribution in [2.24, 2.45) is 0 Å². The molecular weight excluding hydrogens is 259 g/mol. The van der Waals surface area contributed by atoms with Crippen LogP contribution in [-0.2, 0) is 4.79 Å². The number of anilines is 2. The maximum absolute atomic E-state index is 12.8. The molecule has 0 radical (unpaired) electrons. The van der Waals surface area contributed by atoms with Gasteiger partial charge < -0.3 is 10.6 Å². The Labute approximate surface area is 99.0 Å². The Kier molecular flexibility index (Phi) is 3.50. The summed E-state index contributed by atoms with van der Waals surface area (Å²) in [6.07, 6.45) is -5.93. The van der Waals surface area contributed by atoms with Crippen LogP contribution >= 0.6 is 0 Å². The molecule has 0 aliphatic heterocycles. The van der Waals surface area contributed by atoms with Crippen LogP contribution in [0.25, 0.3) is 0 Å². The first kappa shape index (κ1) is 14.2. The van der Waals surface area contributed by atoms with Crippen molar-refractivity contribution in [3.63, 3.8) is 0 Å². The van der Waals surface area contributed by atoms with Crippen LogP contribution in [0, 0.1) is 0 Å². The Bertz CT molecular complexity index is 458. The molecule has 0 unspecified atom stereocenters. The van der Waals surface area contributed by atoms with Crippen molar-refractivity contribution in [3.8, 4) is 0 Å². The summed E-state index contributed by atoms with van der Waals surface area (Å²) in [5.41, 5.74) is 5.34. The van der Waals surface area contributed by atoms with Gasteiger partial charge in [0.2, 0.25) is 0 Å². The zero-order valence-corrected chi connectivity index (χ0v) is 9.13. The normalized spacial score (nSPS) is 12.3. The number of halogens is 5. The van der Waals surface area contributed by atoms with Gasteiger partial charge in [0.15, 0.2) is 0 Å². The highest BCUT2D eigenvalue weighted by Gasteiger charge is 2.64. The molecule has 1 amide bonds. The van der Waals surface area contributed by atoms with Crippen molar-refractivity contribution < 1.29 is 26.7 Å². The highest BCUT2D eigenvalue weighted by Crippen LogP contribution is 2.37. The van der Waals surface area contributed by atoms with Gasteiger partial charge in [-0.1, -0.05) is 6.07 Å². The van der Waals surface area contributed by atoms with E-state index in [9.17, 15) is 26.7 Å². The summed E-state index contributed by atoms with van der Waals surface area (Å²) in [6, 6.07) is 5.05. The number of carbonyl (C=O) groups excluding carboxylic acids is 1. The largest absolute Gasteiger partial charge is 0.463 e. The van der Waals surface area contributed by atoms with Gasteiger partial charge in [-0.3, -0.25) is 4.79 Å². The third-order valence-corrected chi connectivity index (χ3v) is 2.19. The van der Waals surface area contributed by atoms with E-state index in [1.54, 1.807) is 0 Å². The number of nitrogens with two attached hydrogens (primary N) is 1. The maximum Gasteiger partial charge on any atom is 0.463 e. The summed E-state index contributed by atoms with van der Waals surface area (Å²) in [7, 11) is 0.816. The number of hydrogen-bond acceptors (Lipinski definition) is 2. The molecule has 0 heterocycles. The van der Waals surface area contributed by atoms with E-state index in [0.29, 0.717) is 0 Å². The van der Waals surface area contributed by atoms with E-state index >= 15 is 0 Å². The van der Waals surface area contributed by atoms with E-state index in [0.717, 1.165) is 13.1 Å². The van der Waals surface area contributed by atoms with Gasteiger partial charge >= 0.3 is 18.0 Å². The van der Waals surface area contributed by atoms with Crippen molar-refractivity contribution >= 4 is 17.3 Å². The Morgan fingerprint density at radius 3 is 2.22 bits per heavy atom. The Morgan fingerprint density at radius 1 is 1.22 bits per heavy atom. The zero-order valence-electron chi connectivity index (χ0n) is 9.13. The molecule has 0 bridgehead atoms. The van der Waals surface area contributed by atoms with Gasteiger partial charge in [-0.15, -0.1) is 0 Å². The topological polar surface area (TPSA) is 46.3 Å². The van der Waals surface area contributed by atoms with E-state index in [1.807, 2.05) is 0 Å². The standard InChI is InChI=1S/C10H9F5N2O/c1-17(7-4-2-3-6(16)5-7)8(18)9(11,12)10(13,14)15/h2-5H,16H2,1H3. The second-order valence-electron chi connectivity index (χ2n) is 3.53. The molecule has 0 saturated heterocycles. The fourth-order valence-electron chi connectivity index (χ4n) is 1.18. The van der Waals surface area contributed by atoms with Crippen molar-refractivity contribution in [2.45, 2.75) is 12.1 Å². The summed E-state index contributed by atoms with van der Waals surface area (Å²) >= 11 is 0. The van der Waals surface area contributed by atoms with Crippen LogP contribution in [0.15, 0.2) is 24.3 Å². The predicted molar refractivity (Wildman–Crippen MR) is 55.3 cm³/mol. The SMILES string of the molecule is CN(C(=O)C(F)(F)C(F)(F)F)c1cccc(N)c1. The number of nitrogen functional groups attached to an aromatic ring is 1. The van der Waals surface area contributed by atoms with Gasteiger partial charge in [-0.25, -0.2) is 0 Å². The number of amides is 1. The number of nitrogens with zero attached hydrogens (tertiary/aromatic N) is 1. The van der Waals surface area contributed by atoms with Gasteiger partial charge in [0, 0.05) is 18.4 Å². The molecule has 8 heteroatoms. The first-order chi connectivity index (χ1) is 8.07. The quantitative estimate of drug-likeness (QED) is 0.661. The van der Waals surface area contributed by atoms with Crippen LogP contribution in [-0.4, -0.2) is 25.1 Å². The van der Waals surface area contributed by atoms with Gasteiger partial charge in [0.05, 0.1) is 0 Å². The van der Waals surface area contributed by atoms with E-state index in [1.165, 1.54) is 18.2 Å². The number of carbonyl (C=O) groups is 1. The number of rotatable bonds is 2. The first-order valence-electron chi connectivity index (χ1n) is 4.65. The Morgan fingerprint density at radius 2 is 1.78 bits per heavy atom. The molecule has 0 saturated carbocycles. The second-order valence-corrected chi connectivity index (χ2v) is 3.53. The van der Waals surface area contributed by atoms with Gasteiger partial charge in [-0.05, 0) is 18.2 Å². The minimum atomic E-state index is -5.93. The first-order valence-corrected chi connectivity index (χ1v) is 4.65. The van der Waals surface area contributed by atoms with E-state index in [4.69, 9.17) is 5.73 Å². The molecule has 18 heavy (non-hydrogen) atoms. The third kappa shape index (κ3) is 2.52. The van der Waals surface area contributed by atoms with Crippen LogP contribution in [0.5, 0.6) is 0 Å². The molecule has 1 rings (SSSR count). The van der Waals surface area contributed by atoms with Crippen LogP contribution in [0.4, 0.5) is 33.3 Å². The van der Waals surface area contributed by atoms with Crippen molar-refractivity contribution in [2.75, 3.05) is 17.7 Å². The second kappa shape index (κ2) is 4.43. The van der Waals surface area contributed by atoms with Gasteiger partial charge in [-0.2, -0.15) is 22.0 Å². The van der Waals surface area contributed by atoms with E-state index in [-0.39, 0.29) is 16.3 Å². The minimum absolute atomic E-state index is 0.141. The molecule has 100 valence electrons. The van der Waals surface area contributed by atoms with Crippen molar-refractivity contribution in [1.29, 1.82) is 0 Å². The molecule has 1 aromatic carbocycles. The van der Waals surface area contributed by atoms with Gasteiger partial charge in [0.25, 0.3) is 0 Å². The third-order valence-electron chi connectivity index (χ3n) is 2.19. The molecule has 0 aliphatic rings. The van der Waals surface area contributed by atoms with Crippen LogP contribution < -0.4 is 10.6 Å². The lowest BCUT2D eigenvalue weighted by atomic mass is 10.2. The van der Waals surface area contributed by atoms with Gasteiger partial charge in [0.1, 0.15) is 0 Å². The van der Waals surface area contributed by atoms with Crippen LogP contribution in [0.3, 0.4) is 0 Å². The highest BCUT2D eigenvalue weighted by molar-refractivity contribution is 5.98. The lowest BCUT2D eigenvalue weighted by molar-refractivity contribution is -0.268. The molecule has 0 aromatic heterocycles. The molecule has 1 aromatic rings. The maximum atomic E-state index is 12.8. The summed E-state index contributed by atoms with van der Waals surface area (Å²) in [5.74, 6) is -7.80. The molecule has 2 N–H and O–H groups in total. The van der Waals surface area contributed by atoms with E-state index < -0.39 is 18.0 Å². The fourth-order valence-corrected chi connectivity index (χ4v) is 1.18. The summed E-state index contributed by atoms with van der Waals surface area (Å²) in [4.78, 5) is 11.4. The predicted octanol–water partition coefficient (Wildman–Crippen LogP) is 2.43. The summed E-state index contributed by atoms with van der Waals surface area (Å²) in [5, 5.41) is 0. The summed E-state index contributed by atoms with van der Waals surface area (Å²) < 4.78 is 61.7. The number of hydrogen-bond donors (Lipinski definition) is 1. The number of benzene rings is 1. The number of alkyl halides is 5. The van der Waals surface area contributed by atoms with E-state index in [2.05, 4.69) is 0 Å². The molecule has 0 atom stereocenters. The molecule has 3 nitrogen and oxygen atoms in total. The Hall–Kier alpha value is -1.86. The molecule has 0 spiro atoms. The fraction of sp³-hybridized carbons (Fsp3) is 0.300. The average Bonchev–Trinajstić information content (AvgIpc) is 2.25. The minimum Gasteiger partial charge on any atom is -0.399 e. The molecule has 0 fully saturated rings. The Balaban J connectivity index is 3.05. The van der Waals surface area contributed by atoms with Crippen molar-refractivity contribution in [3.05, 3.63) is 24.3 Å². The van der Waals surface area contributed by atoms with Crippen molar-refractivity contribution in [1.82, 2.24) is 0 Å².